The van der Waals surface area contributed by atoms with E-state index in [9.17, 15) is 4.79 Å². The van der Waals surface area contributed by atoms with E-state index in [0.29, 0.717) is 17.0 Å². The summed E-state index contributed by atoms with van der Waals surface area (Å²) in [6.45, 7) is 2.03. The number of para-hydroxylation sites is 2. The number of benzene rings is 2. The standard InChI is InChI=1S/C23H18N4O2/c1-15-7-6-12-27-14-20(25-23(15)27)16-8-2-4-10-18(16)24-22(28)13-19-17-9-3-5-11-21(17)29-26-19/h2-12,14H,13H2,1H3,(H,24,28). The van der Waals surface area contributed by atoms with Crippen LogP contribution in [0.5, 0.6) is 0 Å². The van der Waals surface area contributed by atoms with Crippen LogP contribution in [0.3, 0.4) is 0 Å². The summed E-state index contributed by atoms with van der Waals surface area (Å²) < 4.78 is 7.29. The molecule has 1 amide bonds. The van der Waals surface area contributed by atoms with Crippen molar-refractivity contribution in [2.75, 3.05) is 5.32 Å². The first-order valence-corrected chi connectivity index (χ1v) is 9.36. The molecular formula is C23H18N4O2. The van der Waals surface area contributed by atoms with Gasteiger partial charge in [-0.2, -0.15) is 0 Å². The quantitative estimate of drug-likeness (QED) is 0.492. The normalized spacial score (nSPS) is 11.2. The van der Waals surface area contributed by atoms with Gasteiger partial charge in [0.2, 0.25) is 5.91 Å². The third kappa shape index (κ3) is 3.14. The largest absolute Gasteiger partial charge is 0.356 e. The molecule has 0 saturated carbocycles. The molecule has 3 aromatic heterocycles. The molecule has 5 rings (SSSR count). The van der Waals surface area contributed by atoms with Gasteiger partial charge in [-0.25, -0.2) is 4.98 Å². The number of imidazole rings is 1. The van der Waals surface area contributed by atoms with E-state index in [2.05, 4.69) is 10.5 Å². The summed E-state index contributed by atoms with van der Waals surface area (Å²) in [6.07, 6.45) is 4.07. The first kappa shape index (κ1) is 17.2. The second kappa shape index (κ2) is 6.91. The van der Waals surface area contributed by atoms with Gasteiger partial charge in [-0.3, -0.25) is 4.79 Å². The first-order chi connectivity index (χ1) is 14.2. The second-order valence-corrected chi connectivity index (χ2v) is 6.94. The summed E-state index contributed by atoms with van der Waals surface area (Å²) in [5.74, 6) is -0.156. The Morgan fingerprint density at radius 3 is 2.79 bits per heavy atom. The molecule has 0 aliphatic heterocycles. The number of carbonyl (C=O) groups excluding carboxylic acids is 1. The topological polar surface area (TPSA) is 72.4 Å². The van der Waals surface area contributed by atoms with Crippen molar-refractivity contribution in [2.24, 2.45) is 0 Å². The van der Waals surface area contributed by atoms with Gasteiger partial charge < -0.3 is 14.2 Å². The molecule has 5 aromatic rings. The van der Waals surface area contributed by atoms with Crippen LogP contribution in [-0.2, 0) is 11.2 Å². The van der Waals surface area contributed by atoms with E-state index in [1.54, 1.807) is 0 Å². The van der Waals surface area contributed by atoms with Crippen LogP contribution in [0.1, 0.15) is 11.3 Å². The van der Waals surface area contributed by atoms with E-state index in [1.807, 2.05) is 84.4 Å². The van der Waals surface area contributed by atoms with Gasteiger partial charge >= 0.3 is 0 Å². The lowest BCUT2D eigenvalue weighted by atomic mass is 10.1. The van der Waals surface area contributed by atoms with E-state index in [-0.39, 0.29) is 12.3 Å². The predicted molar refractivity (Wildman–Crippen MR) is 112 cm³/mol. The van der Waals surface area contributed by atoms with Crippen LogP contribution in [0.2, 0.25) is 0 Å². The van der Waals surface area contributed by atoms with Gasteiger partial charge in [-0.1, -0.05) is 41.6 Å². The third-order valence-electron chi connectivity index (χ3n) is 4.94. The van der Waals surface area contributed by atoms with Crippen LogP contribution >= 0.6 is 0 Å². The lowest BCUT2D eigenvalue weighted by Gasteiger charge is -2.09. The van der Waals surface area contributed by atoms with Crippen LogP contribution in [0.4, 0.5) is 5.69 Å². The molecule has 0 aliphatic carbocycles. The van der Waals surface area contributed by atoms with E-state index >= 15 is 0 Å². The summed E-state index contributed by atoms with van der Waals surface area (Å²) in [6, 6.07) is 19.2. The number of carbonyl (C=O) groups is 1. The number of nitrogens with zero attached hydrogens (tertiary/aromatic N) is 3. The maximum absolute atomic E-state index is 12.7. The molecule has 3 heterocycles. The van der Waals surface area contributed by atoms with Crippen LogP contribution in [0.15, 0.2) is 77.6 Å². The molecule has 0 saturated heterocycles. The van der Waals surface area contributed by atoms with Gasteiger partial charge in [0.05, 0.1) is 17.8 Å². The number of anilines is 1. The minimum atomic E-state index is -0.156. The molecule has 142 valence electrons. The first-order valence-electron chi connectivity index (χ1n) is 9.36. The summed E-state index contributed by atoms with van der Waals surface area (Å²) in [4.78, 5) is 17.5. The zero-order valence-electron chi connectivity index (χ0n) is 15.8. The fraction of sp³-hybridized carbons (Fsp3) is 0.0870. The van der Waals surface area contributed by atoms with Crippen molar-refractivity contribution in [1.29, 1.82) is 0 Å². The van der Waals surface area contributed by atoms with Crippen LogP contribution in [0.25, 0.3) is 27.9 Å². The van der Waals surface area contributed by atoms with Crippen LogP contribution in [-0.4, -0.2) is 20.4 Å². The summed E-state index contributed by atoms with van der Waals surface area (Å²) in [5, 5.41) is 7.90. The van der Waals surface area contributed by atoms with Crippen LogP contribution in [0, 0.1) is 6.92 Å². The lowest BCUT2D eigenvalue weighted by molar-refractivity contribution is -0.115. The number of hydrogen-bond donors (Lipinski definition) is 1. The Bertz CT molecular complexity index is 1350. The monoisotopic (exact) mass is 382 g/mol. The molecule has 0 atom stereocenters. The van der Waals surface area contributed by atoms with Crippen molar-refractivity contribution in [2.45, 2.75) is 13.3 Å². The minimum absolute atomic E-state index is 0.135. The predicted octanol–water partition coefficient (Wildman–Crippen LogP) is 4.63. The highest BCUT2D eigenvalue weighted by Crippen LogP contribution is 2.28. The molecule has 6 heteroatoms. The smallest absolute Gasteiger partial charge is 0.230 e. The van der Waals surface area contributed by atoms with Gasteiger partial charge in [-0.15, -0.1) is 0 Å². The Balaban J connectivity index is 1.44. The zero-order chi connectivity index (χ0) is 19.8. The van der Waals surface area contributed by atoms with Crippen molar-refractivity contribution in [3.05, 3.63) is 84.3 Å². The highest BCUT2D eigenvalue weighted by atomic mass is 16.5. The fourth-order valence-corrected chi connectivity index (χ4v) is 3.51. The average molecular weight is 382 g/mol. The maximum Gasteiger partial charge on any atom is 0.230 e. The van der Waals surface area contributed by atoms with E-state index in [1.165, 1.54) is 0 Å². The summed E-state index contributed by atoms with van der Waals surface area (Å²) in [7, 11) is 0. The Labute approximate surface area is 166 Å². The number of aryl methyl sites for hydroxylation is 1. The SMILES string of the molecule is Cc1cccn2cc(-c3ccccc3NC(=O)Cc3noc4ccccc34)nc12. The number of fused-ring (bicyclic) bond motifs is 2. The Morgan fingerprint density at radius 2 is 1.90 bits per heavy atom. The number of rotatable bonds is 4. The van der Waals surface area contributed by atoms with E-state index in [0.717, 1.165) is 27.9 Å². The highest BCUT2D eigenvalue weighted by molar-refractivity contribution is 5.97. The molecule has 0 bridgehead atoms. The van der Waals surface area contributed by atoms with Gasteiger partial charge in [0.25, 0.3) is 0 Å². The van der Waals surface area contributed by atoms with Crippen molar-refractivity contribution in [1.82, 2.24) is 14.5 Å². The lowest BCUT2D eigenvalue weighted by Crippen LogP contribution is -2.15. The molecule has 1 N–H and O–H groups in total. The number of hydrogen-bond acceptors (Lipinski definition) is 4. The van der Waals surface area contributed by atoms with Crippen molar-refractivity contribution < 1.29 is 9.32 Å². The molecule has 0 radical (unpaired) electrons. The van der Waals surface area contributed by atoms with E-state index < -0.39 is 0 Å². The average Bonchev–Trinajstić information content (AvgIpc) is 3.34. The van der Waals surface area contributed by atoms with Gasteiger partial charge in [0.1, 0.15) is 11.3 Å². The number of pyridine rings is 1. The molecule has 6 nitrogen and oxygen atoms in total. The molecule has 0 fully saturated rings. The maximum atomic E-state index is 12.7. The Hall–Kier alpha value is -3.93. The van der Waals surface area contributed by atoms with Crippen molar-refractivity contribution in [3.8, 4) is 11.3 Å². The fourth-order valence-electron chi connectivity index (χ4n) is 3.51. The molecule has 2 aromatic carbocycles. The summed E-state index contributed by atoms with van der Waals surface area (Å²) in [5.41, 5.74) is 5.69. The third-order valence-corrected chi connectivity index (χ3v) is 4.94. The van der Waals surface area contributed by atoms with Crippen molar-refractivity contribution >= 4 is 28.2 Å². The van der Waals surface area contributed by atoms with Gasteiger partial charge in [0, 0.05) is 23.3 Å². The zero-order valence-corrected chi connectivity index (χ0v) is 15.8. The molecular weight excluding hydrogens is 364 g/mol. The van der Waals surface area contributed by atoms with Gasteiger partial charge in [0.15, 0.2) is 5.58 Å². The molecule has 0 aliphatic rings. The molecule has 0 unspecified atom stereocenters. The van der Waals surface area contributed by atoms with Crippen molar-refractivity contribution in [3.63, 3.8) is 0 Å². The summed E-state index contributed by atoms with van der Waals surface area (Å²) >= 11 is 0. The molecule has 29 heavy (non-hydrogen) atoms. The van der Waals surface area contributed by atoms with Gasteiger partial charge in [-0.05, 0) is 36.8 Å². The number of aromatic nitrogens is 3. The molecule has 0 spiro atoms. The Morgan fingerprint density at radius 1 is 1.07 bits per heavy atom. The number of nitrogens with one attached hydrogen (secondary N) is 1. The Kier molecular flexibility index (Phi) is 4.09. The minimum Gasteiger partial charge on any atom is -0.356 e. The second-order valence-electron chi connectivity index (χ2n) is 6.94. The highest BCUT2D eigenvalue weighted by Gasteiger charge is 2.15. The van der Waals surface area contributed by atoms with Crippen LogP contribution < -0.4 is 5.32 Å². The van der Waals surface area contributed by atoms with E-state index in [4.69, 9.17) is 9.51 Å². The number of amides is 1.